The molecule has 0 spiro atoms. The zero-order chi connectivity index (χ0) is 20.3. The molecule has 1 heterocycles. The molecule has 5 nitrogen and oxygen atoms in total. The fourth-order valence-corrected chi connectivity index (χ4v) is 3.45. The maximum absolute atomic E-state index is 13.2. The lowest BCUT2D eigenvalue weighted by Gasteiger charge is -2.25. The first kappa shape index (κ1) is 19.6. The van der Waals surface area contributed by atoms with Crippen LogP contribution in [0.15, 0.2) is 54.1 Å². The van der Waals surface area contributed by atoms with Gasteiger partial charge in [0.1, 0.15) is 17.3 Å². The number of Topliss-reactive ketones (excluding diaryl/α,β-unsaturated/α-hetero) is 1. The van der Waals surface area contributed by atoms with Crippen LogP contribution < -0.4 is 0 Å². The molecular weight excluding hydrogens is 361 g/mol. The van der Waals surface area contributed by atoms with Crippen LogP contribution in [0.3, 0.4) is 0 Å². The molecule has 28 heavy (non-hydrogen) atoms. The summed E-state index contributed by atoms with van der Waals surface area (Å²) >= 11 is 0. The van der Waals surface area contributed by atoms with Crippen LogP contribution in [0.5, 0.6) is 5.75 Å². The largest absolute Gasteiger partial charge is 0.508 e. The zero-order valence-electron chi connectivity index (χ0n) is 15.6. The Morgan fingerprint density at radius 2 is 1.82 bits per heavy atom. The standard InChI is InChI=1S/C22H22FNO4/c1-2-3-4-12-24-19(15-6-5-7-17(25)13-15)18(21(27)22(24)28)20(26)14-8-10-16(23)11-9-14/h5-11,13,19,25-26H,2-4,12H2,1H3/b20-18-. The molecule has 1 unspecified atom stereocenters. The molecule has 1 saturated heterocycles. The van der Waals surface area contributed by atoms with Crippen LogP contribution in [0.25, 0.3) is 5.76 Å². The molecule has 146 valence electrons. The molecule has 1 aliphatic heterocycles. The molecule has 0 bridgehead atoms. The number of ketones is 1. The van der Waals surface area contributed by atoms with Crippen molar-refractivity contribution in [3.05, 3.63) is 71.0 Å². The summed E-state index contributed by atoms with van der Waals surface area (Å²) in [7, 11) is 0. The molecule has 2 aromatic rings. The van der Waals surface area contributed by atoms with Crippen LogP contribution in [0.1, 0.15) is 43.4 Å². The lowest BCUT2D eigenvalue weighted by molar-refractivity contribution is -0.139. The van der Waals surface area contributed by atoms with Crippen molar-refractivity contribution in [3.8, 4) is 5.75 Å². The maximum atomic E-state index is 13.2. The number of amides is 1. The number of likely N-dealkylation sites (tertiary alicyclic amines) is 1. The van der Waals surface area contributed by atoms with Gasteiger partial charge >= 0.3 is 0 Å². The average Bonchev–Trinajstić information content (AvgIpc) is 2.93. The minimum atomic E-state index is -0.811. The number of phenols is 1. The minimum absolute atomic E-state index is 0.00146. The number of halogens is 1. The van der Waals surface area contributed by atoms with Gasteiger partial charge in [0.25, 0.3) is 11.7 Å². The van der Waals surface area contributed by atoms with Gasteiger partial charge in [-0.1, -0.05) is 31.9 Å². The smallest absolute Gasteiger partial charge is 0.295 e. The van der Waals surface area contributed by atoms with Gasteiger partial charge in [-0.2, -0.15) is 0 Å². The number of aromatic hydroxyl groups is 1. The fourth-order valence-electron chi connectivity index (χ4n) is 3.45. The summed E-state index contributed by atoms with van der Waals surface area (Å²) in [6, 6.07) is 10.5. The molecule has 2 N–H and O–H groups in total. The molecule has 0 aliphatic carbocycles. The molecule has 0 saturated carbocycles. The van der Waals surface area contributed by atoms with Crippen molar-refractivity contribution < 1.29 is 24.2 Å². The van der Waals surface area contributed by atoms with Crippen molar-refractivity contribution in [1.82, 2.24) is 4.90 Å². The lowest BCUT2D eigenvalue weighted by Crippen LogP contribution is -2.30. The van der Waals surface area contributed by atoms with Gasteiger partial charge in [0.15, 0.2) is 0 Å². The lowest BCUT2D eigenvalue weighted by atomic mass is 9.95. The van der Waals surface area contributed by atoms with Gasteiger partial charge < -0.3 is 15.1 Å². The van der Waals surface area contributed by atoms with Gasteiger partial charge in [0.2, 0.25) is 0 Å². The highest BCUT2D eigenvalue weighted by molar-refractivity contribution is 6.46. The van der Waals surface area contributed by atoms with E-state index in [1.54, 1.807) is 12.1 Å². The van der Waals surface area contributed by atoms with E-state index in [0.29, 0.717) is 12.1 Å². The minimum Gasteiger partial charge on any atom is -0.508 e. The first-order valence-electron chi connectivity index (χ1n) is 9.27. The van der Waals surface area contributed by atoms with Crippen LogP contribution >= 0.6 is 0 Å². The summed E-state index contributed by atoms with van der Waals surface area (Å²) in [5.74, 6) is -2.30. The Morgan fingerprint density at radius 1 is 1.11 bits per heavy atom. The zero-order valence-corrected chi connectivity index (χ0v) is 15.6. The number of phenolic OH excluding ortho intramolecular Hbond substituents is 1. The van der Waals surface area contributed by atoms with Gasteiger partial charge in [-0.3, -0.25) is 9.59 Å². The number of benzene rings is 2. The quantitative estimate of drug-likeness (QED) is 0.340. The predicted octanol–water partition coefficient (Wildman–Crippen LogP) is 4.14. The second kappa shape index (κ2) is 8.25. The Labute approximate surface area is 162 Å². The molecule has 1 amide bonds. The highest BCUT2D eigenvalue weighted by Gasteiger charge is 2.45. The van der Waals surface area contributed by atoms with Gasteiger partial charge in [-0.15, -0.1) is 0 Å². The number of rotatable bonds is 6. The van der Waals surface area contributed by atoms with E-state index in [0.717, 1.165) is 19.3 Å². The van der Waals surface area contributed by atoms with E-state index in [-0.39, 0.29) is 22.6 Å². The van der Waals surface area contributed by atoms with Crippen LogP contribution in [0.4, 0.5) is 4.39 Å². The van der Waals surface area contributed by atoms with Crippen LogP contribution in [0.2, 0.25) is 0 Å². The van der Waals surface area contributed by atoms with Crippen LogP contribution in [-0.4, -0.2) is 33.3 Å². The van der Waals surface area contributed by atoms with Gasteiger partial charge in [-0.25, -0.2) is 4.39 Å². The van der Waals surface area contributed by atoms with E-state index in [4.69, 9.17) is 0 Å². The second-order valence-corrected chi connectivity index (χ2v) is 6.80. The summed E-state index contributed by atoms with van der Waals surface area (Å²) in [5, 5.41) is 20.7. The molecule has 1 aliphatic rings. The molecule has 1 atom stereocenters. The second-order valence-electron chi connectivity index (χ2n) is 6.80. The molecule has 3 rings (SSSR count). The summed E-state index contributed by atoms with van der Waals surface area (Å²) in [6.45, 7) is 2.40. The fraction of sp³-hybridized carbons (Fsp3) is 0.273. The summed E-state index contributed by atoms with van der Waals surface area (Å²) in [6.07, 6.45) is 2.57. The molecular formula is C22H22FNO4. The maximum Gasteiger partial charge on any atom is 0.295 e. The SMILES string of the molecule is CCCCCN1C(=O)C(=O)/C(=C(\O)c2ccc(F)cc2)C1c1cccc(O)c1. The molecule has 6 heteroatoms. The normalized spacial score (nSPS) is 18.6. The topological polar surface area (TPSA) is 77.8 Å². The van der Waals surface area contributed by atoms with Crippen molar-refractivity contribution in [1.29, 1.82) is 0 Å². The number of carbonyl (C=O) groups is 2. The van der Waals surface area contributed by atoms with E-state index in [1.165, 1.54) is 41.3 Å². The van der Waals surface area contributed by atoms with E-state index < -0.39 is 23.5 Å². The molecule has 1 fully saturated rings. The number of carbonyl (C=O) groups excluding carboxylic acids is 2. The number of hydrogen-bond acceptors (Lipinski definition) is 4. The van der Waals surface area contributed by atoms with E-state index >= 15 is 0 Å². The predicted molar refractivity (Wildman–Crippen MR) is 103 cm³/mol. The Bertz CT molecular complexity index is 920. The highest BCUT2D eigenvalue weighted by Crippen LogP contribution is 2.40. The average molecular weight is 383 g/mol. The van der Waals surface area contributed by atoms with Crippen LogP contribution in [0, 0.1) is 5.82 Å². The number of unbranched alkanes of at least 4 members (excludes halogenated alkanes) is 2. The number of aliphatic hydroxyl groups is 1. The van der Waals surface area contributed by atoms with E-state index in [1.807, 2.05) is 6.92 Å². The number of aliphatic hydroxyl groups excluding tert-OH is 1. The van der Waals surface area contributed by atoms with E-state index in [2.05, 4.69) is 0 Å². The number of hydrogen-bond donors (Lipinski definition) is 2. The summed E-state index contributed by atoms with van der Waals surface area (Å²) < 4.78 is 13.2. The Balaban J connectivity index is 2.12. The summed E-state index contributed by atoms with van der Waals surface area (Å²) in [4.78, 5) is 26.9. The monoisotopic (exact) mass is 383 g/mol. The Hall–Kier alpha value is -3.15. The third kappa shape index (κ3) is 3.76. The van der Waals surface area contributed by atoms with Crippen molar-refractivity contribution >= 4 is 17.4 Å². The third-order valence-electron chi connectivity index (χ3n) is 4.85. The molecule has 0 aromatic heterocycles. The van der Waals surface area contributed by atoms with Crippen molar-refractivity contribution in [2.24, 2.45) is 0 Å². The van der Waals surface area contributed by atoms with Crippen molar-refractivity contribution in [2.75, 3.05) is 6.54 Å². The third-order valence-corrected chi connectivity index (χ3v) is 4.85. The van der Waals surface area contributed by atoms with E-state index in [9.17, 15) is 24.2 Å². The molecule has 2 aromatic carbocycles. The Morgan fingerprint density at radius 3 is 2.46 bits per heavy atom. The van der Waals surface area contributed by atoms with Gasteiger partial charge in [0, 0.05) is 12.1 Å². The van der Waals surface area contributed by atoms with Crippen molar-refractivity contribution in [2.45, 2.75) is 32.2 Å². The number of nitrogens with zero attached hydrogens (tertiary/aromatic N) is 1. The summed E-state index contributed by atoms with van der Waals surface area (Å²) in [5.41, 5.74) is 0.719. The first-order valence-corrected chi connectivity index (χ1v) is 9.27. The van der Waals surface area contributed by atoms with Crippen LogP contribution in [-0.2, 0) is 9.59 Å². The van der Waals surface area contributed by atoms with Gasteiger partial charge in [-0.05, 0) is 48.4 Å². The van der Waals surface area contributed by atoms with Gasteiger partial charge in [0.05, 0.1) is 11.6 Å². The van der Waals surface area contributed by atoms with Crippen molar-refractivity contribution in [3.63, 3.8) is 0 Å². The Kier molecular flexibility index (Phi) is 5.78. The highest BCUT2D eigenvalue weighted by atomic mass is 19.1. The first-order chi connectivity index (χ1) is 13.4. The molecule has 0 radical (unpaired) electrons.